The first-order chi connectivity index (χ1) is 7.52. The van der Waals surface area contributed by atoms with E-state index in [-0.39, 0.29) is 4.87 Å². The van der Waals surface area contributed by atoms with Crippen LogP contribution in [-0.2, 0) is 0 Å². The molecule has 0 bridgehead atoms. The lowest BCUT2D eigenvalue weighted by atomic mass is 10.3. The first-order valence-corrected chi connectivity index (χ1v) is 5.94. The quantitative estimate of drug-likeness (QED) is 0.634. The third-order valence-corrected chi connectivity index (χ3v) is 3.53. The highest BCUT2D eigenvalue weighted by Crippen LogP contribution is 2.36. The molecular formula is C12H19NO2S. The maximum absolute atomic E-state index is 5.27. The van der Waals surface area contributed by atoms with Crippen molar-refractivity contribution in [1.29, 1.82) is 0 Å². The topological polar surface area (TPSA) is 30.5 Å². The zero-order valence-corrected chi connectivity index (χ0v) is 11.3. The van der Waals surface area contributed by atoms with Crippen LogP contribution in [0.25, 0.3) is 0 Å². The number of nitrogens with one attached hydrogen (secondary N) is 1. The fourth-order valence-corrected chi connectivity index (χ4v) is 2.22. The van der Waals surface area contributed by atoms with Gasteiger partial charge in [0.2, 0.25) is 0 Å². The summed E-state index contributed by atoms with van der Waals surface area (Å²) in [4.78, 5) is 1.15. The van der Waals surface area contributed by atoms with Gasteiger partial charge in [-0.2, -0.15) is 0 Å². The third-order valence-electron chi connectivity index (χ3n) is 2.33. The van der Waals surface area contributed by atoms with Crippen molar-refractivity contribution in [1.82, 2.24) is 5.32 Å². The lowest BCUT2D eigenvalue weighted by molar-refractivity contribution is 0.354. The summed E-state index contributed by atoms with van der Waals surface area (Å²) in [7, 11) is 5.24. The summed E-state index contributed by atoms with van der Waals surface area (Å²) in [5.74, 6) is 1.52. The Morgan fingerprint density at radius 1 is 1.12 bits per heavy atom. The molecule has 0 aliphatic heterocycles. The summed E-state index contributed by atoms with van der Waals surface area (Å²) in [6.07, 6.45) is 0. The highest BCUT2D eigenvalue weighted by atomic mass is 32.2. The molecule has 1 aromatic carbocycles. The number of rotatable bonds is 5. The standard InChI is InChI=1S/C12H19NO2S/c1-12(2,13-3)16-9-6-7-10(14-4)11(8-9)15-5/h6-8,13H,1-5H3. The average molecular weight is 241 g/mol. The lowest BCUT2D eigenvalue weighted by Crippen LogP contribution is -2.31. The van der Waals surface area contributed by atoms with Crippen molar-refractivity contribution >= 4 is 11.8 Å². The van der Waals surface area contributed by atoms with Crippen molar-refractivity contribution < 1.29 is 9.47 Å². The van der Waals surface area contributed by atoms with E-state index in [0.717, 1.165) is 16.4 Å². The Balaban J connectivity index is 2.91. The number of ether oxygens (including phenoxy) is 2. The Morgan fingerprint density at radius 2 is 1.75 bits per heavy atom. The predicted octanol–water partition coefficient (Wildman–Crippen LogP) is 2.75. The Bertz CT molecular complexity index is 353. The van der Waals surface area contributed by atoms with Gasteiger partial charge in [0.1, 0.15) is 0 Å². The van der Waals surface area contributed by atoms with E-state index >= 15 is 0 Å². The van der Waals surface area contributed by atoms with Gasteiger partial charge < -0.3 is 14.8 Å². The molecule has 3 nitrogen and oxygen atoms in total. The van der Waals surface area contributed by atoms with Gasteiger partial charge in [-0.15, -0.1) is 11.8 Å². The van der Waals surface area contributed by atoms with Gasteiger partial charge in [0.05, 0.1) is 19.1 Å². The van der Waals surface area contributed by atoms with Crippen LogP contribution in [0.15, 0.2) is 23.1 Å². The van der Waals surface area contributed by atoms with E-state index in [1.165, 1.54) is 0 Å². The van der Waals surface area contributed by atoms with Crippen molar-refractivity contribution in [3.63, 3.8) is 0 Å². The molecule has 0 heterocycles. The van der Waals surface area contributed by atoms with Crippen LogP contribution in [-0.4, -0.2) is 26.1 Å². The van der Waals surface area contributed by atoms with E-state index in [1.54, 1.807) is 26.0 Å². The molecular weight excluding hydrogens is 222 g/mol. The summed E-state index contributed by atoms with van der Waals surface area (Å²) in [5, 5.41) is 3.25. The third kappa shape index (κ3) is 3.32. The number of methoxy groups -OCH3 is 2. The second-order valence-corrected chi connectivity index (χ2v) is 5.58. The Hall–Kier alpha value is -0.870. The van der Waals surface area contributed by atoms with Gasteiger partial charge in [0, 0.05) is 4.90 Å². The van der Waals surface area contributed by atoms with Crippen LogP contribution in [0.5, 0.6) is 11.5 Å². The van der Waals surface area contributed by atoms with Gasteiger partial charge in [0.15, 0.2) is 11.5 Å². The molecule has 0 radical (unpaired) electrons. The highest BCUT2D eigenvalue weighted by molar-refractivity contribution is 8.00. The van der Waals surface area contributed by atoms with Crippen molar-refractivity contribution in [3.8, 4) is 11.5 Å². The highest BCUT2D eigenvalue weighted by Gasteiger charge is 2.17. The van der Waals surface area contributed by atoms with Crippen LogP contribution in [0, 0.1) is 0 Å². The first-order valence-electron chi connectivity index (χ1n) is 5.12. The maximum atomic E-state index is 5.27. The first kappa shape index (κ1) is 13.2. The van der Waals surface area contributed by atoms with Crippen molar-refractivity contribution in [3.05, 3.63) is 18.2 Å². The molecule has 0 amide bonds. The zero-order chi connectivity index (χ0) is 12.2. The zero-order valence-electron chi connectivity index (χ0n) is 10.5. The van der Waals surface area contributed by atoms with Gasteiger partial charge in [-0.25, -0.2) is 0 Å². The van der Waals surface area contributed by atoms with Crippen LogP contribution < -0.4 is 14.8 Å². The fourth-order valence-electron chi connectivity index (χ4n) is 1.23. The normalized spacial score (nSPS) is 11.3. The van der Waals surface area contributed by atoms with Crippen LogP contribution in [0.1, 0.15) is 13.8 Å². The van der Waals surface area contributed by atoms with E-state index in [2.05, 4.69) is 19.2 Å². The second kappa shape index (κ2) is 5.46. The van der Waals surface area contributed by atoms with Gasteiger partial charge in [-0.3, -0.25) is 0 Å². The van der Waals surface area contributed by atoms with Crippen LogP contribution >= 0.6 is 11.8 Å². The number of benzene rings is 1. The molecule has 16 heavy (non-hydrogen) atoms. The van der Waals surface area contributed by atoms with Gasteiger partial charge in [-0.05, 0) is 39.1 Å². The minimum Gasteiger partial charge on any atom is -0.493 e. The summed E-state index contributed by atoms with van der Waals surface area (Å²) in [6, 6.07) is 5.95. The molecule has 0 saturated heterocycles. The summed E-state index contributed by atoms with van der Waals surface area (Å²) in [6.45, 7) is 4.27. The van der Waals surface area contributed by atoms with Crippen LogP contribution in [0.4, 0.5) is 0 Å². The van der Waals surface area contributed by atoms with Crippen molar-refractivity contribution in [2.45, 2.75) is 23.6 Å². The monoisotopic (exact) mass is 241 g/mol. The van der Waals surface area contributed by atoms with Crippen LogP contribution in [0.3, 0.4) is 0 Å². The van der Waals surface area contributed by atoms with Crippen molar-refractivity contribution in [2.75, 3.05) is 21.3 Å². The summed E-state index contributed by atoms with van der Waals surface area (Å²) >= 11 is 1.75. The molecule has 0 saturated carbocycles. The molecule has 0 spiro atoms. The average Bonchev–Trinajstić information content (AvgIpc) is 2.28. The molecule has 0 aliphatic carbocycles. The van der Waals surface area contributed by atoms with Gasteiger partial charge in [-0.1, -0.05) is 0 Å². The van der Waals surface area contributed by atoms with E-state index in [0.29, 0.717) is 0 Å². The number of thioether (sulfide) groups is 1. The maximum Gasteiger partial charge on any atom is 0.161 e. The molecule has 0 aliphatic rings. The Morgan fingerprint density at radius 3 is 2.25 bits per heavy atom. The molecule has 0 aromatic heterocycles. The smallest absolute Gasteiger partial charge is 0.161 e. The van der Waals surface area contributed by atoms with Gasteiger partial charge >= 0.3 is 0 Å². The summed E-state index contributed by atoms with van der Waals surface area (Å²) < 4.78 is 10.5. The second-order valence-electron chi connectivity index (χ2n) is 3.88. The predicted molar refractivity (Wildman–Crippen MR) is 68.5 cm³/mol. The Labute approximate surface area is 102 Å². The molecule has 1 aromatic rings. The SMILES string of the molecule is CNC(C)(C)Sc1ccc(OC)c(OC)c1. The fraction of sp³-hybridized carbons (Fsp3) is 0.500. The lowest BCUT2D eigenvalue weighted by Gasteiger charge is -2.23. The number of hydrogen-bond acceptors (Lipinski definition) is 4. The molecule has 4 heteroatoms. The van der Waals surface area contributed by atoms with Gasteiger partial charge in [0.25, 0.3) is 0 Å². The van der Waals surface area contributed by atoms with E-state index in [1.807, 2.05) is 25.2 Å². The summed E-state index contributed by atoms with van der Waals surface area (Å²) in [5.41, 5.74) is 0. The van der Waals surface area contributed by atoms with Crippen molar-refractivity contribution in [2.24, 2.45) is 0 Å². The molecule has 0 unspecified atom stereocenters. The van der Waals surface area contributed by atoms with Crippen LogP contribution in [0.2, 0.25) is 0 Å². The minimum absolute atomic E-state index is 0.000397. The molecule has 1 rings (SSSR count). The molecule has 0 atom stereocenters. The van der Waals surface area contributed by atoms with E-state index < -0.39 is 0 Å². The number of hydrogen-bond donors (Lipinski definition) is 1. The Kier molecular flexibility index (Phi) is 4.50. The largest absolute Gasteiger partial charge is 0.493 e. The molecule has 1 N–H and O–H groups in total. The molecule has 0 fully saturated rings. The minimum atomic E-state index is -0.000397. The molecule has 90 valence electrons. The van der Waals surface area contributed by atoms with E-state index in [4.69, 9.17) is 9.47 Å². The van der Waals surface area contributed by atoms with E-state index in [9.17, 15) is 0 Å².